The standard InChI is InChI=1S/C20H17N5O2/c1-13-18(27-2)7-8-19(23-13)24-17-9-16(10-25-20(17)21-12-22-25)15-5-3-14(11-26)4-6-15/h3-12H,1-2H3,(H,23,24). The summed E-state index contributed by atoms with van der Waals surface area (Å²) in [5.74, 6) is 1.42. The van der Waals surface area contributed by atoms with Gasteiger partial charge in [-0.05, 0) is 30.7 Å². The number of hydrogen-bond acceptors (Lipinski definition) is 6. The van der Waals surface area contributed by atoms with Gasteiger partial charge < -0.3 is 10.1 Å². The molecule has 1 N–H and O–H groups in total. The van der Waals surface area contributed by atoms with Gasteiger partial charge >= 0.3 is 0 Å². The van der Waals surface area contributed by atoms with E-state index >= 15 is 0 Å². The van der Waals surface area contributed by atoms with Crippen LogP contribution in [0.5, 0.6) is 5.75 Å². The Balaban J connectivity index is 1.76. The zero-order valence-electron chi connectivity index (χ0n) is 14.9. The molecule has 0 amide bonds. The third-order valence-corrected chi connectivity index (χ3v) is 4.28. The molecule has 0 aliphatic rings. The second-order valence-corrected chi connectivity index (χ2v) is 6.02. The summed E-state index contributed by atoms with van der Waals surface area (Å²) in [7, 11) is 1.62. The molecule has 4 rings (SSSR count). The minimum atomic E-state index is 0.636. The highest BCUT2D eigenvalue weighted by Crippen LogP contribution is 2.28. The summed E-state index contributed by atoms with van der Waals surface area (Å²) >= 11 is 0. The maximum absolute atomic E-state index is 10.9. The van der Waals surface area contributed by atoms with E-state index in [0.717, 1.165) is 34.5 Å². The number of ether oxygens (including phenoxy) is 1. The molecule has 7 nitrogen and oxygen atoms in total. The van der Waals surface area contributed by atoms with E-state index in [1.54, 1.807) is 23.8 Å². The normalized spacial score (nSPS) is 10.7. The summed E-state index contributed by atoms with van der Waals surface area (Å²) in [6.45, 7) is 1.89. The van der Waals surface area contributed by atoms with Gasteiger partial charge in [0.2, 0.25) is 0 Å². The molecule has 0 aliphatic carbocycles. The van der Waals surface area contributed by atoms with Crippen molar-refractivity contribution < 1.29 is 9.53 Å². The van der Waals surface area contributed by atoms with Crippen LogP contribution in [0, 0.1) is 6.92 Å². The molecule has 0 radical (unpaired) electrons. The summed E-state index contributed by atoms with van der Waals surface area (Å²) in [6.07, 6.45) is 4.23. The number of aldehydes is 1. The Morgan fingerprint density at radius 2 is 1.93 bits per heavy atom. The Labute approximate surface area is 155 Å². The Kier molecular flexibility index (Phi) is 4.25. The van der Waals surface area contributed by atoms with Crippen molar-refractivity contribution in [1.29, 1.82) is 0 Å². The topological polar surface area (TPSA) is 81.4 Å². The van der Waals surface area contributed by atoms with Crippen LogP contribution in [0.2, 0.25) is 0 Å². The number of hydrogen-bond donors (Lipinski definition) is 1. The molecule has 3 heterocycles. The number of aryl methyl sites for hydroxylation is 1. The fourth-order valence-electron chi connectivity index (χ4n) is 2.90. The third kappa shape index (κ3) is 3.22. The predicted molar refractivity (Wildman–Crippen MR) is 103 cm³/mol. The first-order valence-corrected chi connectivity index (χ1v) is 8.35. The van der Waals surface area contributed by atoms with Crippen LogP contribution in [-0.4, -0.2) is 33.0 Å². The fourth-order valence-corrected chi connectivity index (χ4v) is 2.90. The minimum Gasteiger partial charge on any atom is -0.495 e. The number of nitrogens with zero attached hydrogens (tertiary/aromatic N) is 4. The molecular weight excluding hydrogens is 342 g/mol. The number of carbonyl (C=O) groups excluding carboxylic acids is 1. The number of rotatable bonds is 5. The lowest BCUT2D eigenvalue weighted by Crippen LogP contribution is -2.00. The number of anilines is 2. The maximum Gasteiger partial charge on any atom is 0.178 e. The summed E-state index contributed by atoms with van der Waals surface area (Å²) in [6, 6.07) is 13.1. The van der Waals surface area contributed by atoms with Crippen LogP contribution in [0.4, 0.5) is 11.5 Å². The lowest BCUT2D eigenvalue weighted by molar-refractivity contribution is 0.112. The van der Waals surface area contributed by atoms with Crippen molar-refractivity contribution >= 4 is 23.4 Å². The summed E-state index contributed by atoms with van der Waals surface area (Å²) in [4.78, 5) is 19.7. The quantitative estimate of drug-likeness (QED) is 0.548. The highest BCUT2D eigenvalue weighted by atomic mass is 16.5. The molecule has 0 bridgehead atoms. The second-order valence-electron chi connectivity index (χ2n) is 6.02. The van der Waals surface area contributed by atoms with Crippen molar-refractivity contribution in [1.82, 2.24) is 19.6 Å². The van der Waals surface area contributed by atoms with E-state index in [0.29, 0.717) is 17.0 Å². The van der Waals surface area contributed by atoms with E-state index in [9.17, 15) is 4.79 Å². The SMILES string of the molecule is COc1ccc(Nc2cc(-c3ccc(C=O)cc3)cn3ncnc23)nc1C. The van der Waals surface area contributed by atoms with E-state index in [4.69, 9.17) is 4.74 Å². The van der Waals surface area contributed by atoms with Crippen LogP contribution < -0.4 is 10.1 Å². The molecule has 0 unspecified atom stereocenters. The number of carbonyl (C=O) groups is 1. The number of fused-ring (bicyclic) bond motifs is 1. The number of benzene rings is 1. The zero-order valence-corrected chi connectivity index (χ0v) is 14.9. The smallest absolute Gasteiger partial charge is 0.178 e. The lowest BCUT2D eigenvalue weighted by atomic mass is 10.1. The van der Waals surface area contributed by atoms with Gasteiger partial charge in [0.05, 0.1) is 18.5 Å². The van der Waals surface area contributed by atoms with Crippen molar-refractivity contribution in [2.45, 2.75) is 6.92 Å². The van der Waals surface area contributed by atoms with Crippen LogP contribution in [0.15, 0.2) is 55.0 Å². The predicted octanol–water partition coefficient (Wildman–Crippen LogP) is 3.66. The van der Waals surface area contributed by atoms with Gasteiger partial charge in [-0.2, -0.15) is 5.10 Å². The van der Waals surface area contributed by atoms with Crippen LogP contribution in [-0.2, 0) is 0 Å². The second kappa shape index (κ2) is 6.87. The number of aromatic nitrogens is 4. The molecule has 0 fully saturated rings. The van der Waals surface area contributed by atoms with Gasteiger partial charge in [0.25, 0.3) is 0 Å². The van der Waals surface area contributed by atoms with Crippen molar-refractivity contribution in [3.8, 4) is 16.9 Å². The van der Waals surface area contributed by atoms with Gasteiger partial charge in [0, 0.05) is 17.3 Å². The fraction of sp³-hybridized carbons (Fsp3) is 0.100. The van der Waals surface area contributed by atoms with Gasteiger partial charge in [-0.25, -0.2) is 14.5 Å². The highest BCUT2D eigenvalue weighted by molar-refractivity contribution is 5.80. The first kappa shape index (κ1) is 16.7. The van der Waals surface area contributed by atoms with E-state index in [1.165, 1.54) is 6.33 Å². The van der Waals surface area contributed by atoms with E-state index in [2.05, 4.69) is 20.4 Å². The Hall–Kier alpha value is -3.74. The monoisotopic (exact) mass is 359 g/mol. The summed E-state index contributed by atoms with van der Waals surface area (Å²) in [5, 5.41) is 7.57. The third-order valence-electron chi connectivity index (χ3n) is 4.28. The largest absolute Gasteiger partial charge is 0.495 e. The molecule has 1 aromatic carbocycles. The Morgan fingerprint density at radius 1 is 1.11 bits per heavy atom. The maximum atomic E-state index is 10.9. The molecule has 0 saturated carbocycles. The van der Waals surface area contributed by atoms with Crippen LogP contribution in [0.25, 0.3) is 16.8 Å². The summed E-state index contributed by atoms with van der Waals surface area (Å²) < 4.78 is 6.97. The average molecular weight is 359 g/mol. The molecule has 27 heavy (non-hydrogen) atoms. The molecular formula is C20H17N5O2. The molecule has 134 valence electrons. The van der Waals surface area contributed by atoms with Gasteiger partial charge in [-0.1, -0.05) is 24.3 Å². The van der Waals surface area contributed by atoms with Crippen LogP contribution in [0.1, 0.15) is 16.1 Å². The molecule has 0 saturated heterocycles. The van der Waals surface area contributed by atoms with Crippen molar-refractivity contribution in [2.75, 3.05) is 12.4 Å². The van der Waals surface area contributed by atoms with Crippen LogP contribution >= 0.6 is 0 Å². The molecule has 7 heteroatoms. The van der Waals surface area contributed by atoms with Gasteiger partial charge in [-0.3, -0.25) is 4.79 Å². The average Bonchev–Trinajstić information content (AvgIpc) is 3.17. The van der Waals surface area contributed by atoms with Gasteiger partial charge in [0.15, 0.2) is 5.65 Å². The Bertz CT molecular complexity index is 1120. The first-order valence-electron chi connectivity index (χ1n) is 8.35. The van der Waals surface area contributed by atoms with Gasteiger partial charge in [-0.15, -0.1) is 0 Å². The first-order chi connectivity index (χ1) is 13.2. The van der Waals surface area contributed by atoms with Crippen molar-refractivity contribution in [3.63, 3.8) is 0 Å². The number of methoxy groups -OCH3 is 1. The minimum absolute atomic E-state index is 0.636. The van der Waals surface area contributed by atoms with Gasteiger partial charge in [0.1, 0.15) is 24.2 Å². The Morgan fingerprint density at radius 3 is 2.63 bits per heavy atom. The highest BCUT2D eigenvalue weighted by Gasteiger charge is 2.10. The zero-order chi connectivity index (χ0) is 18.8. The molecule has 0 spiro atoms. The van der Waals surface area contributed by atoms with Crippen LogP contribution in [0.3, 0.4) is 0 Å². The lowest BCUT2D eigenvalue weighted by Gasteiger charge is -2.11. The van der Waals surface area contributed by atoms with Crippen molar-refractivity contribution in [2.24, 2.45) is 0 Å². The summed E-state index contributed by atoms with van der Waals surface area (Å²) in [5.41, 5.74) is 4.82. The van der Waals surface area contributed by atoms with E-state index < -0.39 is 0 Å². The number of nitrogens with one attached hydrogen (secondary N) is 1. The molecule has 4 aromatic rings. The number of pyridine rings is 2. The molecule has 3 aromatic heterocycles. The van der Waals surface area contributed by atoms with Crippen molar-refractivity contribution in [3.05, 3.63) is 66.2 Å². The van der Waals surface area contributed by atoms with E-state index in [1.807, 2.05) is 43.5 Å². The molecule has 0 atom stereocenters. The molecule has 0 aliphatic heterocycles. The van der Waals surface area contributed by atoms with E-state index in [-0.39, 0.29) is 0 Å².